The predicted octanol–water partition coefficient (Wildman–Crippen LogP) is 6.78. The number of amides is 1. The van der Waals surface area contributed by atoms with Crippen molar-refractivity contribution in [1.29, 1.82) is 0 Å². The van der Waals surface area contributed by atoms with Crippen LogP contribution >= 0.6 is 11.6 Å². The standard InChI is InChI=1S/C28H19ClF3NO7/c1-37-18-7-3-14(4-8-18)23-22(24(34)20-12-15-11-16(29)13-21(38-2)26(15)39-20)25(35)27(36)33(23)17-5-9-19(10-6-17)40-28(30,31)32/h3-13,23,35H,1-2H3. The molecule has 0 fully saturated rings. The van der Waals surface area contributed by atoms with Crippen molar-refractivity contribution < 1.29 is 46.5 Å². The molecule has 1 atom stereocenters. The van der Waals surface area contributed by atoms with Crippen LogP contribution in [-0.2, 0) is 4.79 Å². The van der Waals surface area contributed by atoms with Crippen LogP contribution in [0.25, 0.3) is 11.0 Å². The summed E-state index contributed by atoms with van der Waals surface area (Å²) in [4.78, 5) is 28.3. The summed E-state index contributed by atoms with van der Waals surface area (Å²) in [6.45, 7) is 0. The minimum absolute atomic E-state index is 0.104. The molecule has 1 aliphatic heterocycles. The highest BCUT2D eigenvalue weighted by Crippen LogP contribution is 2.43. The quantitative estimate of drug-likeness (QED) is 0.243. The van der Waals surface area contributed by atoms with Crippen LogP contribution in [0.1, 0.15) is 22.2 Å². The van der Waals surface area contributed by atoms with Crippen molar-refractivity contribution in [3.05, 3.63) is 94.4 Å². The summed E-state index contributed by atoms with van der Waals surface area (Å²) in [5.74, 6) is -2.50. The zero-order chi connectivity index (χ0) is 28.8. The van der Waals surface area contributed by atoms with E-state index in [9.17, 15) is 27.9 Å². The second-order valence-electron chi connectivity index (χ2n) is 8.62. The zero-order valence-electron chi connectivity index (χ0n) is 20.8. The molecule has 0 aliphatic carbocycles. The number of rotatable bonds is 7. The average molecular weight is 574 g/mol. The molecule has 0 bridgehead atoms. The number of nitrogens with zero attached hydrogens (tertiary/aromatic N) is 1. The zero-order valence-corrected chi connectivity index (χ0v) is 21.5. The van der Waals surface area contributed by atoms with Gasteiger partial charge in [0.25, 0.3) is 5.91 Å². The van der Waals surface area contributed by atoms with Gasteiger partial charge in [0.05, 0.1) is 25.8 Å². The SMILES string of the molecule is COc1ccc(C2C(C(=O)c3cc4cc(Cl)cc(OC)c4o3)=C(O)C(=O)N2c2ccc(OC(F)(F)F)cc2)cc1. The maximum Gasteiger partial charge on any atom is 0.573 e. The molecule has 0 saturated heterocycles. The summed E-state index contributed by atoms with van der Waals surface area (Å²) < 4.78 is 58.1. The van der Waals surface area contributed by atoms with Crippen molar-refractivity contribution in [2.45, 2.75) is 12.4 Å². The molecule has 12 heteroatoms. The van der Waals surface area contributed by atoms with E-state index >= 15 is 0 Å². The number of ether oxygens (including phenoxy) is 3. The molecule has 2 heterocycles. The van der Waals surface area contributed by atoms with E-state index in [1.165, 1.54) is 38.5 Å². The molecule has 1 amide bonds. The smallest absolute Gasteiger partial charge is 0.503 e. The van der Waals surface area contributed by atoms with E-state index < -0.39 is 35.6 Å². The summed E-state index contributed by atoms with van der Waals surface area (Å²) in [6, 6.07) is 14.2. The number of carbonyl (C=O) groups excluding carboxylic acids is 2. The van der Waals surface area contributed by atoms with Gasteiger partial charge in [-0.3, -0.25) is 14.5 Å². The summed E-state index contributed by atoms with van der Waals surface area (Å²) >= 11 is 6.13. The number of ketones is 1. The molecule has 1 aliphatic rings. The third kappa shape index (κ3) is 4.91. The first-order chi connectivity index (χ1) is 19.0. The van der Waals surface area contributed by atoms with Gasteiger partial charge in [-0.25, -0.2) is 0 Å². The molecule has 1 aromatic heterocycles. The van der Waals surface area contributed by atoms with Gasteiger partial charge in [0.15, 0.2) is 22.9 Å². The van der Waals surface area contributed by atoms with Gasteiger partial charge in [-0.1, -0.05) is 23.7 Å². The highest BCUT2D eigenvalue weighted by molar-refractivity contribution is 6.31. The molecule has 1 unspecified atom stereocenters. The number of carbonyl (C=O) groups is 2. The van der Waals surface area contributed by atoms with Gasteiger partial charge < -0.3 is 23.7 Å². The number of hydrogen-bond acceptors (Lipinski definition) is 7. The van der Waals surface area contributed by atoms with E-state index in [1.54, 1.807) is 30.3 Å². The van der Waals surface area contributed by atoms with E-state index in [4.69, 9.17) is 25.5 Å². The number of Topliss-reactive ketones (excluding diaryl/α,β-unsaturated/α-hetero) is 1. The van der Waals surface area contributed by atoms with E-state index in [0.29, 0.717) is 21.7 Å². The van der Waals surface area contributed by atoms with Crippen molar-refractivity contribution in [2.75, 3.05) is 19.1 Å². The van der Waals surface area contributed by atoms with Gasteiger partial charge >= 0.3 is 6.36 Å². The van der Waals surface area contributed by atoms with Crippen LogP contribution in [0.15, 0.2) is 82.5 Å². The lowest BCUT2D eigenvalue weighted by Gasteiger charge is -2.27. The number of fused-ring (bicyclic) bond motifs is 1. The number of alkyl halides is 3. The number of anilines is 1. The van der Waals surface area contributed by atoms with Crippen LogP contribution in [0, 0.1) is 0 Å². The van der Waals surface area contributed by atoms with Crippen molar-refractivity contribution in [2.24, 2.45) is 0 Å². The number of benzene rings is 3. The fourth-order valence-corrected chi connectivity index (χ4v) is 4.71. The van der Waals surface area contributed by atoms with Crippen molar-refractivity contribution in [1.82, 2.24) is 0 Å². The summed E-state index contributed by atoms with van der Waals surface area (Å²) in [5.41, 5.74) is 0.453. The first-order valence-electron chi connectivity index (χ1n) is 11.6. The topological polar surface area (TPSA) is 98.4 Å². The number of aliphatic hydroxyl groups excluding tert-OH is 1. The van der Waals surface area contributed by atoms with Crippen LogP contribution in [0.2, 0.25) is 5.02 Å². The second-order valence-corrected chi connectivity index (χ2v) is 9.06. The lowest BCUT2D eigenvalue weighted by Crippen LogP contribution is -2.31. The second kappa shape index (κ2) is 10.2. The fraction of sp³-hybridized carbons (Fsp3) is 0.143. The van der Waals surface area contributed by atoms with Crippen molar-refractivity contribution in [3.8, 4) is 17.2 Å². The lowest BCUT2D eigenvalue weighted by atomic mass is 9.94. The Bertz CT molecular complexity index is 1640. The summed E-state index contributed by atoms with van der Waals surface area (Å²) in [7, 11) is 2.87. The summed E-state index contributed by atoms with van der Waals surface area (Å²) in [6.07, 6.45) is -4.91. The van der Waals surface area contributed by atoms with Gasteiger partial charge in [0.2, 0.25) is 5.78 Å². The Labute approximate surface area is 229 Å². The van der Waals surface area contributed by atoms with E-state index in [1.807, 2.05) is 0 Å². The number of hydrogen-bond donors (Lipinski definition) is 1. The maximum atomic E-state index is 13.8. The Balaban J connectivity index is 1.61. The molecule has 5 rings (SSSR count). The van der Waals surface area contributed by atoms with E-state index in [0.717, 1.165) is 17.0 Å². The van der Waals surface area contributed by atoms with Gasteiger partial charge in [0, 0.05) is 22.2 Å². The van der Waals surface area contributed by atoms with Crippen LogP contribution in [-0.4, -0.2) is 37.4 Å². The number of halogens is 4. The van der Waals surface area contributed by atoms with E-state index in [-0.39, 0.29) is 28.4 Å². The third-order valence-corrected chi connectivity index (χ3v) is 6.44. The minimum atomic E-state index is -4.91. The Morgan fingerprint density at radius 1 is 0.975 bits per heavy atom. The average Bonchev–Trinajstić information content (AvgIpc) is 3.46. The first-order valence-corrected chi connectivity index (χ1v) is 12.0. The maximum absolute atomic E-state index is 13.8. The van der Waals surface area contributed by atoms with Crippen LogP contribution in [0.4, 0.5) is 18.9 Å². The van der Waals surface area contributed by atoms with Gasteiger partial charge in [-0.2, -0.15) is 0 Å². The first kappa shape index (κ1) is 26.9. The number of furan rings is 1. The van der Waals surface area contributed by atoms with Crippen molar-refractivity contribution >= 4 is 39.9 Å². The fourth-order valence-electron chi connectivity index (χ4n) is 4.50. The van der Waals surface area contributed by atoms with Crippen LogP contribution < -0.4 is 19.1 Å². The number of methoxy groups -OCH3 is 2. The van der Waals surface area contributed by atoms with Gasteiger partial charge in [-0.15, -0.1) is 13.2 Å². The van der Waals surface area contributed by atoms with Crippen LogP contribution in [0.5, 0.6) is 17.2 Å². The molecule has 3 aromatic carbocycles. The molecule has 40 heavy (non-hydrogen) atoms. The number of aliphatic hydroxyl groups is 1. The predicted molar refractivity (Wildman–Crippen MR) is 138 cm³/mol. The minimum Gasteiger partial charge on any atom is -0.503 e. The van der Waals surface area contributed by atoms with Gasteiger partial charge in [-0.05, 0) is 54.1 Å². The van der Waals surface area contributed by atoms with Crippen LogP contribution in [0.3, 0.4) is 0 Å². The molecule has 1 N–H and O–H groups in total. The molecule has 0 saturated carbocycles. The molecular weight excluding hydrogens is 555 g/mol. The molecule has 0 spiro atoms. The monoisotopic (exact) mass is 573 g/mol. The van der Waals surface area contributed by atoms with E-state index in [2.05, 4.69) is 4.74 Å². The molecular formula is C28H19ClF3NO7. The summed E-state index contributed by atoms with van der Waals surface area (Å²) in [5, 5.41) is 11.8. The Kier molecular flexibility index (Phi) is 6.84. The van der Waals surface area contributed by atoms with Gasteiger partial charge in [0.1, 0.15) is 11.5 Å². The highest BCUT2D eigenvalue weighted by Gasteiger charge is 2.45. The van der Waals surface area contributed by atoms with Crippen molar-refractivity contribution in [3.63, 3.8) is 0 Å². The Morgan fingerprint density at radius 2 is 1.62 bits per heavy atom. The largest absolute Gasteiger partial charge is 0.573 e. The third-order valence-electron chi connectivity index (χ3n) is 6.22. The lowest BCUT2D eigenvalue weighted by molar-refractivity contribution is -0.274. The molecule has 4 aromatic rings. The Morgan fingerprint density at radius 3 is 2.23 bits per heavy atom. The molecule has 8 nitrogen and oxygen atoms in total. The Hall–Kier alpha value is -4.64. The highest BCUT2D eigenvalue weighted by atomic mass is 35.5. The molecule has 206 valence electrons. The molecule has 0 radical (unpaired) electrons. The normalized spacial score (nSPS) is 15.6.